The van der Waals surface area contributed by atoms with E-state index in [4.69, 9.17) is 5.26 Å². The van der Waals surface area contributed by atoms with Gasteiger partial charge in [-0.1, -0.05) is 6.92 Å². The van der Waals surface area contributed by atoms with E-state index in [2.05, 4.69) is 15.6 Å². The van der Waals surface area contributed by atoms with Gasteiger partial charge in [-0.2, -0.15) is 5.26 Å². The van der Waals surface area contributed by atoms with Crippen molar-refractivity contribution in [3.63, 3.8) is 0 Å². The minimum absolute atomic E-state index is 0.00427. The molecule has 21 heavy (non-hydrogen) atoms. The largest absolute Gasteiger partial charge is 0.364 e. The SMILES string of the molecule is CCC(C)NC(=O)CCNc1nccc(C#N)c1[N+](=O)[O-]. The van der Waals surface area contributed by atoms with Crippen LogP contribution in [-0.2, 0) is 4.79 Å². The third-order valence-electron chi connectivity index (χ3n) is 2.89. The lowest BCUT2D eigenvalue weighted by molar-refractivity contribution is -0.384. The number of carbonyl (C=O) groups excluding carboxylic acids is 1. The number of nitrogens with one attached hydrogen (secondary N) is 2. The molecular formula is C13H17N5O3. The predicted octanol–water partition coefficient (Wildman–Crippen LogP) is 1.58. The van der Waals surface area contributed by atoms with Gasteiger partial charge in [-0.3, -0.25) is 14.9 Å². The van der Waals surface area contributed by atoms with Crippen LogP contribution in [0.25, 0.3) is 0 Å². The van der Waals surface area contributed by atoms with E-state index in [-0.39, 0.29) is 42.0 Å². The molecule has 1 rings (SSSR count). The van der Waals surface area contributed by atoms with Crippen molar-refractivity contribution in [2.75, 3.05) is 11.9 Å². The highest BCUT2D eigenvalue weighted by atomic mass is 16.6. The molecular weight excluding hydrogens is 274 g/mol. The molecule has 8 nitrogen and oxygen atoms in total. The average Bonchev–Trinajstić information content (AvgIpc) is 2.46. The number of carbonyl (C=O) groups is 1. The summed E-state index contributed by atoms with van der Waals surface area (Å²) in [6.45, 7) is 4.06. The Labute approximate surface area is 122 Å². The number of aromatic nitrogens is 1. The second-order valence-corrected chi connectivity index (χ2v) is 4.48. The zero-order valence-corrected chi connectivity index (χ0v) is 11.9. The molecule has 2 N–H and O–H groups in total. The first-order valence-electron chi connectivity index (χ1n) is 6.56. The molecule has 1 amide bonds. The molecule has 1 unspecified atom stereocenters. The van der Waals surface area contributed by atoms with Crippen molar-refractivity contribution in [3.05, 3.63) is 27.9 Å². The second kappa shape index (κ2) is 7.79. The third kappa shape index (κ3) is 4.72. The lowest BCUT2D eigenvalue weighted by atomic mass is 10.2. The van der Waals surface area contributed by atoms with Gasteiger partial charge in [0.15, 0.2) is 0 Å². The fourth-order valence-corrected chi connectivity index (χ4v) is 1.60. The number of amides is 1. The van der Waals surface area contributed by atoms with Crippen LogP contribution in [0.2, 0.25) is 0 Å². The summed E-state index contributed by atoms with van der Waals surface area (Å²) in [6, 6.07) is 3.12. The molecule has 1 aromatic rings. The Morgan fingerprint density at radius 3 is 2.90 bits per heavy atom. The van der Waals surface area contributed by atoms with Crippen molar-refractivity contribution in [1.29, 1.82) is 5.26 Å². The van der Waals surface area contributed by atoms with Crippen LogP contribution in [0, 0.1) is 21.4 Å². The highest BCUT2D eigenvalue weighted by Gasteiger charge is 2.20. The molecule has 8 heteroatoms. The molecule has 0 aliphatic carbocycles. The Hall–Kier alpha value is -2.69. The van der Waals surface area contributed by atoms with Crippen molar-refractivity contribution < 1.29 is 9.72 Å². The molecule has 0 spiro atoms. The number of nitriles is 1. The molecule has 0 aliphatic heterocycles. The Kier molecular flexibility index (Phi) is 6.07. The van der Waals surface area contributed by atoms with Gasteiger partial charge in [0.1, 0.15) is 11.6 Å². The summed E-state index contributed by atoms with van der Waals surface area (Å²) >= 11 is 0. The van der Waals surface area contributed by atoms with Crippen molar-refractivity contribution in [2.24, 2.45) is 0 Å². The zero-order valence-electron chi connectivity index (χ0n) is 11.9. The minimum atomic E-state index is -0.660. The van der Waals surface area contributed by atoms with Gasteiger partial charge in [-0.15, -0.1) is 0 Å². The van der Waals surface area contributed by atoms with Crippen molar-refractivity contribution in [1.82, 2.24) is 10.3 Å². The van der Waals surface area contributed by atoms with Crippen LogP contribution in [0.1, 0.15) is 32.3 Å². The maximum atomic E-state index is 11.6. The Bertz CT molecular complexity index is 567. The molecule has 0 saturated heterocycles. The van der Waals surface area contributed by atoms with Gasteiger partial charge in [0, 0.05) is 25.2 Å². The van der Waals surface area contributed by atoms with Gasteiger partial charge in [-0.05, 0) is 19.4 Å². The number of hydrogen-bond donors (Lipinski definition) is 2. The predicted molar refractivity (Wildman–Crippen MR) is 76.6 cm³/mol. The summed E-state index contributed by atoms with van der Waals surface area (Å²) in [5.74, 6) is -0.147. The number of nitro groups is 1. The molecule has 0 saturated carbocycles. The molecule has 0 aliphatic rings. The van der Waals surface area contributed by atoms with Crippen molar-refractivity contribution >= 4 is 17.4 Å². The molecule has 1 atom stereocenters. The number of rotatable bonds is 7. The van der Waals surface area contributed by atoms with Crippen LogP contribution in [0.5, 0.6) is 0 Å². The molecule has 1 heterocycles. The molecule has 112 valence electrons. The van der Waals surface area contributed by atoms with Gasteiger partial charge >= 0.3 is 5.69 Å². The van der Waals surface area contributed by atoms with Crippen LogP contribution < -0.4 is 10.6 Å². The summed E-state index contributed by atoms with van der Waals surface area (Å²) in [6.07, 6.45) is 2.31. The quantitative estimate of drug-likeness (QED) is 0.581. The summed E-state index contributed by atoms with van der Waals surface area (Å²) in [7, 11) is 0. The van der Waals surface area contributed by atoms with E-state index >= 15 is 0 Å². The Morgan fingerprint density at radius 1 is 1.62 bits per heavy atom. The first-order valence-corrected chi connectivity index (χ1v) is 6.56. The first-order chi connectivity index (χ1) is 9.99. The summed E-state index contributed by atoms with van der Waals surface area (Å²) in [5.41, 5.74) is -0.441. The Morgan fingerprint density at radius 2 is 2.33 bits per heavy atom. The van der Waals surface area contributed by atoms with Crippen LogP contribution in [0.15, 0.2) is 12.3 Å². The molecule has 0 fully saturated rings. The number of anilines is 1. The van der Waals surface area contributed by atoms with Gasteiger partial charge in [0.05, 0.1) is 4.92 Å². The fourth-order valence-electron chi connectivity index (χ4n) is 1.60. The lowest BCUT2D eigenvalue weighted by Crippen LogP contribution is -2.33. The zero-order chi connectivity index (χ0) is 15.8. The highest BCUT2D eigenvalue weighted by molar-refractivity contribution is 5.77. The van der Waals surface area contributed by atoms with E-state index in [1.165, 1.54) is 12.3 Å². The van der Waals surface area contributed by atoms with Crippen LogP contribution >= 0.6 is 0 Å². The minimum Gasteiger partial charge on any atom is -0.364 e. The number of nitrogens with zero attached hydrogens (tertiary/aromatic N) is 3. The van der Waals surface area contributed by atoms with Crippen molar-refractivity contribution in [2.45, 2.75) is 32.7 Å². The maximum absolute atomic E-state index is 11.6. The fraction of sp³-hybridized carbons (Fsp3) is 0.462. The van der Waals surface area contributed by atoms with Crippen LogP contribution in [0.3, 0.4) is 0 Å². The van der Waals surface area contributed by atoms with Gasteiger partial charge in [0.2, 0.25) is 11.7 Å². The molecule has 1 aromatic heterocycles. The topological polar surface area (TPSA) is 121 Å². The number of hydrogen-bond acceptors (Lipinski definition) is 6. The highest BCUT2D eigenvalue weighted by Crippen LogP contribution is 2.25. The van der Waals surface area contributed by atoms with Gasteiger partial charge < -0.3 is 10.6 Å². The van der Waals surface area contributed by atoms with E-state index < -0.39 is 4.92 Å². The maximum Gasteiger partial charge on any atom is 0.328 e. The first kappa shape index (κ1) is 16.4. The molecule has 0 radical (unpaired) electrons. The van der Waals surface area contributed by atoms with Crippen molar-refractivity contribution in [3.8, 4) is 6.07 Å². The summed E-state index contributed by atoms with van der Waals surface area (Å²) in [5, 5.41) is 25.4. The third-order valence-corrected chi connectivity index (χ3v) is 2.89. The molecule has 0 aromatic carbocycles. The van der Waals surface area contributed by atoms with E-state index in [1.807, 2.05) is 13.8 Å². The Balaban J connectivity index is 2.66. The second-order valence-electron chi connectivity index (χ2n) is 4.48. The van der Waals surface area contributed by atoms with E-state index in [9.17, 15) is 14.9 Å². The smallest absolute Gasteiger partial charge is 0.328 e. The summed E-state index contributed by atoms with van der Waals surface area (Å²) in [4.78, 5) is 25.8. The monoisotopic (exact) mass is 291 g/mol. The lowest BCUT2D eigenvalue weighted by Gasteiger charge is -2.11. The summed E-state index contributed by atoms with van der Waals surface area (Å²) < 4.78 is 0. The van der Waals surface area contributed by atoms with E-state index in [0.717, 1.165) is 6.42 Å². The van der Waals surface area contributed by atoms with Crippen LogP contribution in [-0.4, -0.2) is 28.4 Å². The van der Waals surface area contributed by atoms with E-state index in [1.54, 1.807) is 6.07 Å². The molecule has 0 bridgehead atoms. The van der Waals surface area contributed by atoms with Gasteiger partial charge in [0.25, 0.3) is 0 Å². The normalized spacial score (nSPS) is 11.3. The average molecular weight is 291 g/mol. The van der Waals surface area contributed by atoms with E-state index in [0.29, 0.717) is 0 Å². The number of pyridine rings is 1. The van der Waals surface area contributed by atoms with Gasteiger partial charge in [-0.25, -0.2) is 4.98 Å². The van der Waals surface area contributed by atoms with Crippen LogP contribution in [0.4, 0.5) is 11.5 Å². The standard InChI is InChI=1S/C13H17N5O3/c1-3-9(2)17-11(19)5-7-16-13-12(18(20)21)10(8-14)4-6-15-13/h4,6,9H,3,5,7H2,1-2H3,(H,15,16)(H,17,19).